The second-order valence-corrected chi connectivity index (χ2v) is 8.47. The van der Waals surface area contributed by atoms with Gasteiger partial charge in [0.2, 0.25) is 0 Å². The lowest BCUT2D eigenvalue weighted by molar-refractivity contribution is 0.217. The molecule has 1 atom stereocenters. The summed E-state index contributed by atoms with van der Waals surface area (Å²) < 4.78 is 23.0. The van der Waals surface area contributed by atoms with E-state index in [9.17, 15) is 8.42 Å². The van der Waals surface area contributed by atoms with Crippen molar-refractivity contribution in [3.05, 3.63) is 18.2 Å². The molecule has 0 aliphatic heterocycles. The summed E-state index contributed by atoms with van der Waals surface area (Å²) in [5.41, 5.74) is 7.56. The molecule has 0 heterocycles. The average molecular weight is 296 g/mol. The number of nitrogen functional groups attached to an aromatic ring is 1. The average Bonchev–Trinajstić information content (AvgIpc) is 2.32. The van der Waals surface area contributed by atoms with E-state index in [4.69, 9.17) is 5.73 Å². The van der Waals surface area contributed by atoms with Gasteiger partial charge in [-0.1, -0.05) is 26.7 Å². The van der Waals surface area contributed by atoms with Gasteiger partial charge in [-0.3, -0.25) is 0 Å². The molecular formula is C15H24N2O2S. The lowest BCUT2D eigenvalue weighted by atomic mass is 9.73. The Labute approximate surface area is 121 Å². The van der Waals surface area contributed by atoms with Gasteiger partial charge in [-0.2, -0.15) is 0 Å². The SMILES string of the molecule is CC1(C)CCCCC1Nc1ccc(S(C)(=O)=O)cc1N. The molecule has 0 saturated heterocycles. The second kappa shape index (κ2) is 5.28. The Kier molecular flexibility index (Phi) is 4.00. The third-order valence-electron chi connectivity index (χ3n) is 4.29. The number of sulfone groups is 1. The van der Waals surface area contributed by atoms with E-state index in [1.165, 1.54) is 31.6 Å². The molecule has 1 aromatic carbocycles. The van der Waals surface area contributed by atoms with Gasteiger partial charge in [-0.15, -0.1) is 0 Å². The fourth-order valence-corrected chi connectivity index (χ4v) is 3.51. The Hall–Kier alpha value is -1.23. The van der Waals surface area contributed by atoms with Gasteiger partial charge in [-0.25, -0.2) is 8.42 Å². The molecule has 5 heteroatoms. The minimum absolute atomic E-state index is 0.236. The smallest absolute Gasteiger partial charge is 0.175 e. The molecule has 3 N–H and O–H groups in total. The van der Waals surface area contributed by atoms with Crippen LogP contribution >= 0.6 is 0 Å². The molecule has 0 amide bonds. The van der Waals surface area contributed by atoms with Gasteiger partial charge in [0.15, 0.2) is 9.84 Å². The van der Waals surface area contributed by atoms with E-state index in [-0.39, 0.29) is 10.3 Å². The molecule has 4 nitrogen and oxygen atoms in total. The van der Waals surface area contributed by atoms with Crippen molar-refractivity contribution in [2.45, 2.75) is 50.5 Å². The Morgan fingerprint density at radius 3 is 2.55 bits per heavy atom. The Bertz CT molecular complexity index is 594. The van der Waals surface area contributed by atoms with E-state index in [1.54, 1.807) is 12.1 Å². The molecule has 1 fully saturated rings. The highest BCUT2D eigenvalue weighted by atomic mass is 32.2. The van der Waals surface area contributed by atoms with E-state index < -0.39 is 9.84 Å². The first-order valence-electron chi connectivity index (χ1n) is 7.06. The van der Waals surface area contributed by atoms with Crippen LogP contribution in [0.2, 0.25) is 0 Å². The third kappa shape index (κ3) is 3.26. The summed E-state index contributed by atoms with van der Waals surface area (Å²) in [6.45, 7) is 4.54. The van der Waals surface area contributed by atoms with Crippen molar-refractivity contribution in [3.63, 3.8) is 0 Å². The Morgan fingerprint density at radius 2 is 2.00 bits per heavy atom. The van der Waals surface area contributed by atoms with Crippen LogP contribution in [-0.2, 0) is 9.84 Å². The van der Waals surface area contributed by atoms with Crippen molar-refractivity contribution in [1.82, 2.24) is 0 Å². The van der Waals surface area contributed by atoms with Crippen molar-refractivity contribution in [2.24, 2.45) is 5.41 Å². The molecule has 2 rings (SSSR count). The number of nitrogens with two attached hydrogens (primary N) is 1. The van der Waals surface area contributed by atoms with Gasteiger partial charge >= 0.3 is 0 Å². The predicted molar refractivity (Wildman–Crippen MR) is 83.6 cm³/mol. The summed E-state index contributed by atoms with van der Waals surface area (Å²) in [7, 11) is -3.21. The van der Waals surface area contributed by atoms with E-state index in [2.05, 4.69) is 19.2 Å². The lowest BCUT2D eigenvalue weighted by Crippen LogP contribution is -2.39. The van der Waals surface area contributed by atoms with Crippen molar-refractivity contribution in [3.8, 4) is 0 Å². The molecule has 0 spiro atoms. The van der Waals surface area contributed by atoms with E-state index in [1.807, 2.05) is 0 Å². The minimum Gasteiger partial charge on any atom is -0.397 e. The Balaban J connectivity index is 2.22. The monoisotopic (exact) mass is 296 g/mol. The Morgan fingerprint density at radius 1 is 1.30 bits per heavy atom. The highest BCUT2D eigenvalue weighted by molar-refractivity contribution is 7.90. The molecule has 0 radical (unpaired) electrons. The maximum absolute atomic E-state index is 11.5. The second-order valence-electron chi connectivity index (χ2n) is 6.45. The van der Waals surface area contributed by atoms with Crippen LogP contribution in [0.3, 0.4) is 0 Å². The van der Waals surface area contributed by atoms with Crippen LogP contribution < -0.4 is 11.1 Å². The number of nitrogens with one attached hydrogen (secondary N) is 1. The van der Waals surface area contributed by atoms with Crippen LogP contribution in [-0.4, -0.2) is 20.7 Å². The maximum Gasteiger partial charge on any atom is 0.175 e. The quantitative estimate of drug-likeness (QED) is 0.841. The van der Waals surface area contributed by atoms with E-state index in [0.717, 1.165) is 12.1 Å². The van der Waals surface area contributed by atoms with Gasteiger partial charge in [0.1, 0.15) is 0 Å². The first kappa shape index (κ1) is 15.2. The fraction of sp³-hybridized carbons (Fsp3) is 0.600. The molecule has 1 saturated carbocycles. The molecule has 1 aliphatic rings. The molecule has 0 bridgehead atoms. The van der Waals surface area contributed by atoms with Gasteiger partial charge < -0.3 is 11.1 Å². The van der Waals surface area contributed by atoms with Gasteiger partial charge in [-0.05, 0) is 36.5 Å². The highest BCUT2D eigenvalue weighted by Gasteiger charge is 2.32. The summed E-state index contributed by atoms with van der Waals surface area (Å²) in [5.74, 6) is 0. The first-order chi connectivity index (χ1) is 9.20. The third-order valence-corrected chi connectivity index (χ3v) is 5.40. The molecule has 1 aliphatic carbocycles. The van der Waals surface area contributed by atoms with Crippen LogP contribution in [0.5, 0.6) is 0 Å². The highest BCUT2D eigenvalue weighted by Crippen LogP contribution is 2.38. The predicted octanol–water partition coefficient (Wildman–Crippen LogP) is 3.05. The van der Waals surface area contributed by atoms with Crippen LogP contribution in [0.4, 0.5) is 11.4 Å². The number of rotatable bonds is 3. The van der Waals surface area contributed by atoms with Crippen molar-refractivity contribution >= 4 is 21.2 Å². The summed E-state index contributed by atoms with van der Waals surface area (Å²) in [5, 5.41) is 3.50. The zero-order chi connectivity index (χ0) is 15.0. The lowest BCUT2D eigenvalue weighted by Gasteiger charge is -2.39. The first-order valence-corrected chi connectivity index (χ1v) is 8.95. The van der Waals surface area contributed by atoms with Gasteiger partial charge in [0, 0.05) is 12.3 Å². The fourth-order valence-electron chi connectivity index (χ4n) is 2.85. The largest absolute Gasteiger partial charge is 0.397 e. The van der Waals surface area contributed by atoms with Crippen molar-refractivity contribution in [2.75, 3.05) is 17.3 Å². The summed E-state index contributed by atoms with van der Waals surface area (Å²) in [6.07, 6.45) is 6.02. The minimum atomic E-state index is -3.21. The molecule has 1 unspecified atom stereocenters. The summed E-state index contributed by atoms with van der Waals surface area (Å²) in [4.78, 5) is 0.267. The summed E-state index contributed by atoms with van der Waals surface area (Å²) >= 11 is 0. The van der Waals surface area contributed by atoms with Crippen LogP contribution in [0.25, 0.3) is 0 Å². The normalized spacial score (nSPS) is 22.4. The maximum atomic E-state index is 11.5. The summed E-state index contributed by atoms with van der Waals surface area (Å²) in [6, 6.07) is 5.30. The molecule has 0 aromatic heterocycles. The van der Waals surface area contributed by atoms with Gasteiger partial charge in [0.25, 0.3) is 0 Å². The van der Waals surface area contributed by atoms with Crippen LogP contribution in [0.15, 0.2) is 23.1 Å². The van der Waals surface area contributed by atoms with E-state index in [0.29, 0.717) is 11.7 Å². The van der Waals surface area contributed by atoms with Crippen LogP contribution in [0.1, 0.15) is 39.5 Å². The number of hydrogen-bond donors (Lipinski definition) is 2. The van der Waals surface area contributed by atoms with Crippen molar-refractivity contribution in [1.29, 1.82) is 0 Å². The molecule has 112 valence electrons. The number of hydrogen-bond acceptors (Lipinski definition) is 4. The standard InChI is InChI=1S/C15H24N2O2S/c1-15(2)9-5-4-6-14(15)17-13-8-7-11(10-12(13)16)20(3,18)19/h7-8,10,14,17H,4-6,9,16H2,1-3H3. The van der Waals surface area contributed by atoms with Crippen molar-refractivity contribution < 1.29 is 8.42 Å². The number of anilines is 2. The molecule has 20 heavy (non-hydrogen) atoms. The van der Waals surface area contributed by atoms with Gasteiger partial charge in [0.05, 0.1) is 16.3 Å². The number of benzene rings is 1. The zero-order valence-electron chi connectivity index (χ0n) is 12.4. The van der Waals surface area contributed by atoms with Crippen LogP contribution in [0, 0.1) is 5.41 Å². The van der Waals surface area contributed by atoms with E-state index >= 15 is 0 Å². The zero-order valence-corrected chi connectivity index (χ0v) is 13.3. The molecule has 1 aromatic rings. The molecular weight excluding hydrogens is 272 g/mol. The topological polar surface area (TPSA) is 72.2 Å².